The van der Waals surface area contributed by atoms with Crippen LogP contribution in [0.15, 0.2) is 70.5 Å². The van der Waals surface area contributed by atoms with E-state index in [1.807, 2.05) is 25.8 Å². The molecule has 0 bridgehead atoms. The number of halogens is 1. The molecule has 3 aliphatic heterocycles. The highest BCUT2D eigenvalue weighted by molar-refractivity contribution is 8.27. The third-order valence-corrected chi connectivity index (χ3v) is 8.06. The molecule has 0 spiro atoms. The number of carbonyl (C=O) groups excluding carboxylic acids is 2. The van der Waals surface area contributed by atoms with Crippen LogP contribution in [0, 0.1) is 5.92 Å². The summed E-state index contributed by atoms with van der Waals surface area (Å²) in [5.41, 5.74) is 1.85. The Morgan fingerprint density at radius 2 is 1.94 bits per heavy atom. The summed E-state index contributed by atoms with van der Waals surface area (Å²) in [6.07, 6.45) is 11.7. The van der Waals surface area contributed by atoms with Crippen molar-refractivity contribution in [3.63, 3.8) is 0 Å². The van der Waals surface area contributed by atoms with Crippen LogP contribution in [0.4, 0.5) is 4.39 Å². The van der Waals surface area contributed by atoms with Gasteiger partial charge in [-0.1, -0.05) is 12.2 Å². The Kier molecular flexibility index (Phi) is 9.12. The first-order valence-electron chi connectivity index (χ1n) is 11.6. The van der Waals surface area contributed by atoms with Gasteiger partial charge in [0.15, 0.2) is 0 Å². The maximum absolute atomic E-state index is 13.3. The molecule has 0 aromatic heterocycles. The molecule has 2 atom stereocenters. The topological polar surface area (TPSA) is 105 Å². The number of carbonyl (C=O) groups is 2. The highest BCUT2D eigenvalue weighted by Gasteiger charge is 2.37. The lowest BCUT2D eigenvalue weighted by atomic mass is 9.94. The van der Waals surface area contributed by atoms with E-state index in [-0.39, 0.29) is 34.4 Å². The number of nitrogens with one attached hydrogen (secondary N) is 2. The van der Waals surface area contributed by atoms with Gasteiger partial charge < -0.3 is 20.4 Å². The number of amides is 2. The van der Waals surface area contributed by atoms with E-state index >= 15 is 0 Å². The molecule has 0 aliphatic carbocycles. The van der Waals surface area contributed by atoms with Crippen LogP contribution in [0.25, 0.3) is 0 Å². The van der Waals surface area contributed by atoms with Gasteiger partial charge >= 0.3 is 0 Å². The van der Waals surface area contributed by atoms with Crippen molar-refractivity contribution in [2.45, 2.75) is 19.9 Å². The van der Waals surface area contributed by atoms with Crippen molar-refractivity contribution in [3.8, 4) is 0 Å². The lowest BCUT2D eigenvalue weighted by Gasteiger charge is -2.35. The Bertz CT molecular complexity index is 1010. The summed E-state index contributed by atoms with van der Waals surface area (Å²) < 4.78 is 33.4. The third-order valence-electron chi connectivity index (χ3n) is 6.38. The molecule has 1 fully saturated rings. The molecule has 8 nitrogen and oxygen atoms in total. The largest absolute Gasteiger partial charge is 0.381 e. The van der Waals surface area contributed by atoms with Gasteiger partial charge in [0.25, 0.3) is 5.91 Å². The molecule has 35 heavy (non-hydrogen) atoms. The van der Waals surface area contributed by atoms with Crippen LogP contribution in [0.2, 0.25) is 0 Å². The second-order valence-corrected chi connectivity index (χ2v) is 11.1. The number of piperazine rings is 1. The number of hydrogen-bond acceptors (Lipinski definition) is 6. The third kappa shape index (κ3) is 6.72. The predicted molar refractivity (Wildman–Crippen MR) is 138 cm³/mol. The Morgan fingerprint density at radius 1 is 1.23 bits per heavy atom. The fourth-order valence-corrected chi connectivity index (χ4v) is 5.44. The predicted octanol–water partition coefficient (Wildman–Crippen LogP) is 2.93. The van der Waals surface area contributed by atoms with E-state index < -0.39 is 17.3 Å². The summed E-state index contributed by atoms with van der Waals surface area (Å²) in [5.74, 6) is -0.731. The van der Waals surface area contributed by atoms with Crippen molar-refractivity contribution in [2.75, 3.05) is 45.7 Å². The summed E-state index contributed by atoms with van der Waals surface area (Å²) in [5, 5.41) is 6.00. The van der Waals surface area contributed by atoms with Gasteiger partial charge in [0, 0.05) is 49.7 Å². The zero-order valence-corrected chi connectivity index (χ0v) is 21.2. The van der Waals surface area contributed by atoms with Crippen LogP contribution in [0.3, 0.4) is 0 Å². The molecule has 0 aromatic carbocycles. The number of nitrogens with zero attached hydrogens (tertiary/aromatic N) is 2. The molecule has 0 aromatic rings. The summed E-state index contributed by atoms with van der Waals surface area (Å²) in [7, 11) is -1.17. The minimum atomic E-state index is -3.21. The van der Waals surface area contributed by atoms with Gasteiger partial charge in [-0.3, -0.25) is 18.7 Å². The Balaban J connectivity index is 1.86. The van der Waals surface area contributed by atoms with Crippen molar-refractivity contribution in [2.24, 2.45) is 5.92 Å². The van der Waals surface area contributed by atoms with E-state index in [4.69, 9.17) is 0 Å². The Hall–Kier alpha value is -2.66. The molecular weight excluding hydrogens is 471 g/mol. The van der Waals surface area contributed by atoms with Crippen LogP contribution in [-0.4, -0.2) is 82.4 Å². The molecular formula is C25H35FN4O4S. The monoisotopic (exact) mass is 506 g/mol. The molecule has 4 N–H and O–H groups in total. The maximum atomic E-state index is 13.3. The van der Waals surface area contributed by atoms with Crippen LogP contribution in [-0.2, 0) is 9.59 Å². The number of hydrogen-bond donors (Lipinski definition) is 4. The SMILES string of the molecule is CC1=C(/C=C2/C=C/C(S(O)(O)C/C=C/CF)=C\C=C\NC2=O)NC(C)C1C(=O)N1CCN(C)CC1. The van der Waals surface area contributed by atoms with Gasteiger partial charge in [-0.2, -0.15) is 10.6 Å². The van der Waals surface area contributed by atoms with Gasteiger partial charge in [0.05, 0.1) is 16.6 Å². The number of rotatable bonds is 6. The molecule has 1 saturated heterocycles. The zero-order valence-electron chi connectivity index (χ0n) is 20.4. The number of likely N-dealkylation sites (N-methyl/N-ethyl adjacent to an activating group) is 1. The fraction of sp³-hybridized carbons (Fsp3) is 0.440. The van der Waals surface area contributed by atoms with Crippen LogP contribution < -0.4 is 10.6 Å². The number of allylic oxidation sites excluding steroid dienone is 5. The highest BCUT2D eigenvalue weighted by atomic mass is 32.3. The van der Waals surface area contributed by atoms with E-state index in [9.17, 15) is 23.1 Å². The van der Waals surface area contributed by atoms with E-state index in [0.29, 0.717) is 24.4 Å². The molecule has 3 aliphatic rings. The van der Waals surface area contributed by atoms with Crippen molar-refractivity contribution >= 4 is 22.4 Å². The van der Waals surface area contributed by atoms with Crippen molar-refractivity contribution in [1.82, 2.24) is 20.4 Å². The average Bonchev–Trinajstić information content (AvgIpc) is 3.13. The summed E-state index contributed by atoms with van der Waals surface area (Å²) in [6, 6.07) is -0.123. The van der Waals surface area contributed by atoms with Gasteiger partial charge in [-0.15, -0.1) is 0 Å². The van der Waals surface area contributed by atoms with Gasteiger partial charge in [-0.05, 0) is 56.8 Å². The molecule has 0 saturated carbocycles. The van der Waals surface area contributed by atoms with Crippen LogP contribution >= 0.6 is 10.6 Å². The normalized spacial score (nSPS) is 29.2. The summed E-state index contributed by atoms with van der Waals surface area (Å²) in [4.78, 5) is 30.3. The van der Waals surface area contributed by atoms with Crippen LogP contribution in [0.5, 0.6) is 0 Å². The van der Waals surface area contributed by atoms with Crippen molar-refractivity contribution in [3.05, 3.63) is 70.5 Å². The first-order chi connectivity index (χ1) is 16.6. The van der Waals surface area contributed by atoms with Crippen molar-refractivity contribution in [1.29, 1.82) is 0 Å². The Morgan fingerprint density at radius 3 is 2.63 bits per heavy atom. The molecule has 0 radical (unpaired) electrons. The van der Waals surface area contributed by atoms with Gasteiger partial charge in [0.1, 0.15) is 6.67 Å². The zero-order chi connectivity index (χ0) is 25.6. The first kappa shape index (κ1) is 26.9. The lowest BCUT2D eigenvalue weighted by Crippen LogP contribution is -2.50. The highest BCUT2D eigenvalue weighted by Crippen LogP contribution is 2.48. The molecule has 2 amide bonds. The van der Waals surface area contributed by atoms with Gasteiger partial charge in [0.2, 0.25) is 5.91 Å². The second kappa shape index (κ2) is 11.9. The maximum Gasteiger partial charge on any atom is 0.255 e. The smallest absolute Gasteiger partial charge is 0.255 e. The fourth-order valence-electron chi connectivity index (χ4n) is 4.26. The van der Waals surface area contributed by atoms with Gasteiger partial charge in [-0.25, -0.2) is 4.39 Å². The minimum Gasteiger partial charge on any atom is -0.381 e. The number of alkyl halides is 1. The molecule has 3 heterocycles. The Labute approximate surface area is 208 Å². The molecule has 3 rings (SSSR count). The van der Waals surface area contributed by atoms with E-state index in [2.05, 4.69) is 15.5 Å². The average molecular weight is 507 g/mol. The molecule has 2 unspecified atom stereocenters. The molecule has 10 heteroatoms. The summed E-state index contributed by atoms with van der Waals surface area (Å²) in [6.45, 7) is 6.25. The molecule has 192 valence electrons. The van der Waals surface area contributed by atoms with E-state index in [1.54, 1.807) is 6.08 Å². The quantitative estimate of drug-likeness (QED) is 0.326. The minimum absolute atomic E-state index is 0.0851. The van der Waals surface area contributed by atoms with E-state index in [0.717, 1.165) is 18.7 Å². The lowest BCUT2D eigenvalue weighted by molar-refractivity contribution is -0.136. The van der Waals surface area contributed by atoms with E-state index in [1.165, 1.54) is 42.7 Å². The standard InChI is InChI=1S/C25H35FN4O4S/c1-18-22(28-19(2)23(18)25(32)30-14-12-29(3)13-15-30)17-20-8-9-21(7-6-11-27-24(20)31)35(33,34)16-5-4-10-26/h4-9,11,17,19,23,28,33-34H,10,12-16H2,1-3H3,(H,27,31)/b5-4+,9-8+,11-6+,20-17-,21-7+. The van der Waals surface area contributed by atoms with Crippen molar-refractivity contribution < 1.29 is 23.1 Å². The first-order valence-corrected chi connectivity index (χ1v) is 13.3. The summed E-state index contributed by atoms with van der Waals surface area (Å²) >= 11 is 0. The second-order valence-electron chi connectivity index (χ2n) is 8.93. The van der Waals surface area contributed by atoms with Crippen LogP contribution in [0.1, 0.15) is 13.8 Å².